The molecule has 0 radical (unpaired) electrons. The fourth-order valence-corrected chi connectivity index (χ4v) is 2.17. The molecule has 1 rings (SSSR count). The monoisotopic (exact) mass is 279 g/mol. The van der Waals surface area contributed by atoms with Crippen LogP contribution in [0.1, 0.15) is 45.6 Å². The lowest BCUT2D eigenvalue weighted by atomic mass is 10.1. The minimum absolute atomic E-state index is 0.202. The van der Waals surface area contributed by atoms with Crippen LogP contribution in [0.5, 0.6) is 11.5 Å². The molecule has 0 fully saturated rings. The summed E-state index contributed by atoms with van der Waals surface area (Å²) in [5.41, 5.74) is 1.27. The van der Waals surface area contributed by atoms with Crippen molar-refractivity contribution >= 4 is 0 Å². The Bertz CT molecular complexity index is 379. The van der Waals surface area contributed by atoms with Crippen LogP contribution in [0.15, 0.2) is 18.2 Å². The predicted octanol–water partition coefficient (Wildman–Crippen LogP) is 3.80. The molecule has 0 saturated carbocycles. The average molecular weight is 279 g/mol. The van der Waals surface area contributed by atoms with Crippen LogP contribution in [0.25, 0.3) is 0 Å². The number of hydrogen-bond acceptors (Lipinski definition) is 3. The highest BCUT2D eigenvalue weighted by atomic mass is 16.5. The van der Waals surface area contributed by atoms with E-state index in [1.54, 1.807) is 7.11 Å². The molecular weight excluding hydrogens is 250 g/mol. The molecule has 0 amide bonds. The Hall–Kier alpha value is -1.22. The van der Waals surface area contributed by atoms with Crippen LogP contribution in [-0.4, -0.2) is 26.3 Å². The second kappa shape index (κ2) is 9.65. The van der Waals surface area contributed by atoms with Gasteiger partial charge in [-0.15, -0.1) is 0 Å². The molecule has 3 nitrogen and oxygen atoms in total. The third kappa shape index (κ3) is 5.41. The Morgan fingerprint density at radius 3 is 2.50 bits per heavy atom. The first-order chi connectivity index (χ1) is 9.74. The van der Waals surface area contributed by atoms with E-state index in [2.05, 4.69) is 38.2 Å². The Morgan fingerprint density at radius 2 is 1.90 bits per heavy atom. The van der Waals surface area contributed by atoms with Gasteiger partial charge >= 0.3 is 0 Å². The van der Waals surface area contributed by atoms with Gasteiger partial charge in [0.15, 0.2) is 11.5 Å². The second-order valence-electron chi connectivity index (χ2n) is 5.07. The van der Waals surface area contributed by atoms with Gasteiger partial charge in [-0.3, -0.25) is 0 Å². The quantitative estimate of drug-likeness (QED) is 0.661. The van der Waals surface area contributed by atoms with Crippen molar-refractivity contribution in [3.63, 3.8) is 0 Å². The van der Waals surface area contributed by atoms with Gasteiger partial charge in [-0.2, -0.15) is 0 Å². The molecule has 0 spiro atoms. The Labute approximate surface area is 123 Å². The molecule has 20 heavy (non-hydrogen) atoms. The maximum Gasteiger partial charge on any atom is 0.161 e. The standard InChI is InChI=1S/C17H29NO2/c1-5-8-15(13-18-11-6-2)20-16-10-9-14(7-3)12-17(16)19-4/h9-10,12,15,18H,5-8,11,13H2,1-4H3. The highest BCUT2D eigenvalue weighted by Gasteiger charge is 2.13. The first-order valence-corrected chi connectivity index (χ1v) is 7.79. The summed E-state index contributed by atoms with van der Waals surface area (Å²) in [5, 5.41) is 3.43. The van der Waals surface area contributed by atoms with Crippen LogP contribution in [0.3, 0.4) is 0 Å². The maximum absolute atomic E-state index is 6.14. The minimum Gasteiger partial charge on any atom is -0.493 e. The molecule has 3 heteroatoms. The van der Waals surface area contributed by atoms with E-state index in [9.17, 15) is 0 Å². The normalized spacial score (nSPS) is 12.2. The summed E-state index contributed by atoms with van der Waals surface area (Å²) in [6, 6.07) is 6.21. The highest BCUT2D eigenvalue weighted by Crippen LogP contribution is 2.29. The van der Waals surface area contributed by atoms with Gasteiger partial charge in [-0.25, -0.2) is 0 Å². The topological polar surface area (TPSA) is 30.5 Å². The third-order valence-electron chi connectivity index (χ3n) is 3.34. The minimum atomic E-state index is 0.202. The molecule has 1 aromatic rings. The van der Waals surface area contributed by atoms with E-state index in [1.807, 2.05) is 6.07 Å². The summed E-state index contributed by atoms with van der Waals surface area (Å²) >= 11 is 0. The molecule has 1 N–H and O–H groups in total. The van der Waals surface area contributed by atoms with Gasteiger partial charge in [0.25, 0.3) is 0 Å². The molecule has 0 aliphatic rings. The lowest BCUT2D eigenvalue weighted by Crippen LogP contribution is -2.31. The highest BCUT2D eigenvalue weighted by molar-refractivity contribution is 5.43. The number of nitrogens with one attached hydrogen (secondary N) is 1. The van der Waals surface area contributed by atoms with Crippen LogP contribution >= 0.6 is 0 Å². The SMILES string of the molecule is CCCNCC(CCC)Oc1ccc(CC)cc1OC. The van der Waals surface area contributed by atoms with E-state index in [0.29, 0.717) is 0 Å². The van der Waals surface area contributed by atoms with Gasteiger partial charge in [-0.05, 0) is 43.5 Å². The number of methoxy groups -OCH3 is 1. The summed E-state index contributed by atoms with van der Waals surface area (Å²) in [5.74, 6) is 1.68. The molecule has 0 bridgehead atoms. The van der Waals surface area contributed by atoms with E-state index in [0.717, 1.165) is 50.3 Å². The largest absolute Gasteiger partial charge is 0.493 e. The predicted molar refractivity (Wildman–Crippen MR) is 84.9 cm³/mol. The number of rotatable bonds is 10. The summed E-state index contributed by atoms with van der Waals surface area (Å²) in [4.78, 5) is 0. The molecule has 1 aromatic carbocycles. The molecular formula is C17H29NO2. The fourth-order valence-electron chi connectivity index (χ4n) is 2.17. The van der Waals surface area contributed by atoms with Crippen LogP contribution in [0, 0.1) is 0 Å². The number of aryl methyl sites for hydroxylation is 1. The summed E-state index contributed by atoms with van der Waals surface area (Å²) in [6.07, 6.45) is 4.52. The van der Waals surface area contributed by atoms with Crippen molar-refractivity contribution in [2.45, 2.75) is 52.6 Å². The number of benzene rings is 1. The zero-order valence-corrected chi connectivity index (χ0v) is 13.4. The Balaban J connectivity index is 2.71. The third-order valence-corrected chi connectivity index (χ3v) is 3.34. The second-order valence-corrected chi connectivity index (χ2v) is 5.07. The van der Waals surface area contributed by atoms with Gasteiger partial charge in [0, 0.05) is 6.54 Å². The van der Waals surface area contributed by atoms with Gasteiger partial charge in [0.05, 0.1) is 7.11 Å². The van der Waals surface area contributed by atoms with Crippen molar-refractivity contribution in [2.75, 3.05) is 20.2 Å². The zero-order chi connectivity index (χ0) is 14.8. The smallest absolute Gasteiger partial charge is 0.161 e. The molecule has 0 aliphatic carbocycles. The van der Waals surface area contributed by atoms with E-state index in [1.165, 1.54) is 5.56 Å². The molecule has 0 saturated heterocycles. The molecule has 1 atom stereocenters. The lowest BCUT2D eigenvalue weighted by molar-refractivity contribution is 0.179. The fraction of sp³-hybridized carbons (Fsp3) is 0.647. The van der Waals surface area contributed by atoms with Crippen molar-refractivity contribution in [1.82, 2.24) is 5.32 Å². The first kappa shape index (κ1) is 16.8. The summed E-state index contributed by atoms with van der Waals surface area (Å²) in [7, 11) is 1.70. The molecule has 0 aliphatic heterocycles. The summed E-state index contributed by atoms with van der Waals surface area (Å²) < 4.78 is 11.6. The summed E-state index contributed by atoms with van der Waals surface area (Å²) in [6.45, 7) is 8.43. The van der Waals surface area contributed by atoms with Crippen molar-refractivity contribution in [1.29, 1.82) is 0 Å². The van der Waals surface area contributed by atoms with Gasteiger partial charge in [-0.1, -0.05) is 33.3 Å². The van der Waals surface area contributed by atoms with E-state index in [4.69, 9.17) is 9.47 Å². The maximum atomic E-state index is 6.14. The van der Waals surface area contributed by atoms with Crippen molar-refractivity contribution in [2.24, 2.45) is 0 Å². The van der Waals surface area contributed by atoms with Gasteiger partial charge in [0.1, 0.15) is 6.10 Å². The van der Waals surface area contributed by atoms with E-state index < -0.39 is 0 Å². The molecule has 0 heterocycles. The Morgan fingerprint density at radius 1 is 1.10 bits per heavy atom. The first-order valence-electron chi connectivity index (χ1n) is 7.79. The molecule has 0 aromatic heterocycles. The lowest BCUT2D eigenvalue weighted by Gasteiger charge is -2.21. The van der Waals surface area contributed by atoms with Crippen LogP contribution in [-0.2, 0) is 6.42 Å². The number of ether oxygens (including phenoxy) is 2. The van der Waals surface area contributed by atoms with Gasteiger partial charge < -0.3 is 14.8 Å². The van der Waals surface area contributed by atoms with Crippen molar-refractivity contribution in [3.05, 3.63) is 23.8 Å². The van der Waals surface area contributed by atoms with Crippen LogP contribution < -0.4 is 14.8 Å². The zero-order valence-electron chi connectivity index (χ0n) is 13.4. The van der Waals surface area contributed by atoms with Crippen LogP contribution in [0.4, 0.5) is 0 Å². The molecule has 114 valence electrons. The van der Waals surface area contributed by atoms with Crippen molar-refractivity contribution < 1.29 is 9.47 Å². The average Bonchev–Trinajstić information content (AvgIpc) is 2.48. The Kier molecular flexibility index (Phi) is 8.12. The van der Waals surface area contributed by atoms with E-state index >= 15 is 0 Å². The van der Waals surface area contributed by atoms with E-state index in [-0.39, 0.29) is 6.10 Å². The van der Waals surface area contributed by atoms with Gasteiger partial charge in [0.2, 0.25) is 0 Å². The van der Waals surface area contributed by atoms with Crippen LogP contribution in [0.2, 0.25) is 0 Å². The number of hydrogen-bond donors (Lipinski definition) is 1. The van der Waals surface area contributed by atoms with Crippen molar-refractivity contribution in [3.8, 4) is 11.5 Å². The molecule has 1 unspecified atom stereocenters.